The maximum Gasteiger partial charge on any atom is 0.242 e. The molecule has 1 saturated heterocycles. The Kier molecular flexibility index (Phi) is 7.14. The Balaban J connectivity index is 0.00000225. The van der Waals surface area contributed by atoms with E-state index in [1.807, 2.05) is 17.0 Å². The summed E-state index contributed by atoms with van der Waals surface area (Å²) in [5, 5.41) is 0. The van der Waals surface area contributed by atoms with Crippen LogP contribution in [0.1, 0.15) is 50.5 Å². The monoisotopic (exact) mass is 366 g/mol. The van der Waals surface area contributed by atoms with Gasteiger partial charge in [-0.2, -0.15) is 0 Å². The van der Waals surface area contributed by atoms with Crippen molar-refractivity contribution >= 4 is 18.3 Å². The molecule has 1 heterocycles. The van der Waals surface area contributed by atoms with Gasteiger partial charge in [-0.25, -0.2) is 0 Å². The van der Waals surface area contributed by atoms with Crippen LogP contribution in [-0.2, 0) is 11.2 Å². The molecule has 1 aliphatic heterocycles. The van der Waals surface area contributed by atoms with Gasteiger partial charge in [-0.3, -0.25) is 4.79 Å². The van der Waals surface area contributed by atoms with Crippen molar-refractivity contribution in [2.75, 3.05) is 20.2 Å². The second-order valence-electron chi connectivity index (χ2n) is 7.50. The summed E-state index contributed by atoms with van der Waals surface area (Å²) in [6.07, 6.45) is 8.36. The molecule has 3 rings (SSSR count). The molecule has 4 nitrogen and oxygen atoms in total. The summed E-state index contributed by atoms with van der Waals surface area (Å²) >= 11 is 0. The number of carbonyl (C=O) groups is 1. The van der Waals surface area contributed by atoms with Crippen molar-refractivity contribution in [1.82, 2.24) is 4.90 Å². The smallest absolute Gasteiger partial charge is 0.242 e. The van der Waals surface area contributed by atoms with Gasteiger partial charge in [0.25, 0.3) is 0 Å². The topological polar surface area (TPSA) is 55.6 Å². The third-order valence-corrected chi connectivity index (χ3v) is 5.76. The van der Waals surface area contributed by atoms with Crippen LogP contribution in [0.2, 0.25) is 0 Å². The summed E-state index contributed by atoms with van der Waals surface area (Å²) in [7, 11) is 1.69. The Morgan fingerprint density at radius 2 is 1.76 bits per heavy atom. The lowest BCUT2D eigenvalue weighted by Gasteiger charge is -2.40. The van der Waals surface area contributed by atoms with Gasteiger partial charge in [0.2, 0.25) is 5.91 Å². The number of methoxy groups -OCH3 is 1. The number of hydrogen-bond donors (Lipinski definition) is 1. The maximum absolute atomic E-state index is 12.8. The highest BCUT2D eigenvalue weighted by Gasteiger charge is 2.39. The highest BCUT2D eigenvalue weighted by atomic mass is 35.5. The Labute approximate surface area is 157 Å². The number of piperidine rings is 1. The first-order valence-electron chi connectivity index (χ1n) is 9.32. The molecule has 1 amide bonds. The molecule has 5 heteroatoms. The lowest BCUT2D eigenvalue weighted by molar-refractivity contribution is -0.139. The van der Waals surface area contributed by atoms with Crippen LogP contribution in [0.5, 0.6) is 5.75 Å². The van der Waals surface area contributed by atoms with Crippen molar-refractivity contribution in [3.8, 4) is 5.75 Å². The van der Waals surface area contributed by atoms with Crippen LogP contribution in [-0.4, -0.2) is 36.5 Å². The van der Waals surface area contributed by atoms with Gasteiger partial charge in [-0.15, -0.1) is 12.4 Å². The normalized spacial score (nSPS) is 20.6. The molecule has 2 aliphatic rings. The fourth-order valence-electron chi connectivity index (χ4n) is 4.15. The standard InChI is InChI=1S/C20H30N2O2.ClH/c1-24-18-7-5-16(6-8-18)15-17-9-13-22(14-10-17)19(23)20(21)11-3-2-4-12-20;/h5-8,17H,2-4,9-15,21H2,1H3;1H. The van der Waals surface area contributed by atoms with Gasteiger partial charge >= 0.3 is 0 Å². The third-order valence-electron chi connectivity index (χ3n) is 5.76. The number of amides is 1. The van der Waals surface area contributed by atoms with E-state index in [1.165, 1.54) is 12.0 Å². The van der Waals surface area contributed by atoms with Gasteiger partial charge < -0.3 is 15.4 Å². The van der Waals surface area contributed by atoms with Gasteiger partial charge in [0, 0.05) is 13.1 Å². The van der Waals surface area contributed by atoms with Crippen LogP contribution >= 0.6 is 12.4 Å². The number of ether oxygens (including phenoxy) is 1. The molecule has 2 N–H and O–H groups in total. The first kappa shape index (κ1) is 20.1. The zero-order chi connectivity index (χ0) is 17.0. The number of nitrogens with two attached hydrogens (primary N) is 1. The minimum Gasteiger partial charge on any atom is -0.497 e. The molecule has 1 saturated carbocycles. The van der Waals surface area contributed by atoms with Crippen molar-refractivity contribution < 1.29 is 9.53 Å². The lowest BCUT2D eigenvalue weighted by Crippen LogP contribution is -2.57. The predicted octanol–water partition coefficient (Wildman–Crippen LogP) is 3.56. The van der Waals surface area contributed by atoms with E-state index in [0.29, 0.717) is 5.92 Å². The molecular formula is C20H31ClN2O2. The van der Waals surface area contributed by atoms with Crippen molar-refractivity contribution in [3.05, 3.63) is 29.8 Å². The molecule has 0 spiro atoms. The fourth-order valence-corrected chi connectivity index (χ4v) is 4.15. The average molecular weight is 367 g/mol. The summed E-state index contributed by atoms with van der Waals surface area (Å²) in [6.45, 7) is 1.72. The number of hydrogen-bond acceptors (Lipinski definition) is 3. The summed E-state index contributed by atoms with van der Waals surface area (Å²) in [6, 6.07) is 8.34. The minimum atomic E-state index is -0.582. The molecule has 0 atom stereocenters. The molecule has 140 valence electrons. The average Bonchev–Trinajstić information content (AvgIpc) is 2.63. The number of likely N-dealkylation sites (tertiary alicyclic amines) is 1. The Hall–Kier alpha value is -1.26. The summed E-state index contributed by atoms with van der Waals surface area (Å²) in [5.74, 6) is 1.76. The molecule has 1 aromatic rings. The molecule has 0 aromatic heterocycles. The zero-order valence-corrected chi connectivity index (χ0v) is 16.0. The fraction of sp³-hybridized carbons (Fsp3) is 0.650. The SMILES string of the molecule is COc1ccc(CC2CCN(C(=O)C3(N)CCCCC3)CC2)cc1.Cl. The minimum absolute atomic E-state index is 0. The Morgan fingerprint density at radius 1 is 1.16 bits per heavy atom. The van der Waals surface area contributed by atoms with Gasteiger partial charge in [-0.05, 0) is 55.7 Å². The van der Waals surface area contributed by atoms with E-state index >= 15 is 0 Å². The molecule has 0 radical (unpaired) electrons. The van der Waals surface area contributed by atoms with Crippen molar-refractivity contribution in [2.45, 2.75) is 56.9 Å². The maximum atomic E-state index is 12.8. The van der Waals surface area contributed by atoms with Crippen molar-refractivity contribution in [3.63, 3.8) is 0 Å². The van der Waals surface area contributed by atoms with Crippen LogP contribution in [0.25, 0.3) is 0 Å². The third kappa shape index (κ3) is 4.89. The first-order valence-corrected chi connectivity index (χ1v) is 9.32. The number of rotatable bonds is 4. The van der Waals surface area contributed by atoms with Crippen LogP contribution < -0.4 is 10.5 Å². The van der Waals surface area contributed by atoms with E-state index in [1.54, 1.807) is 7.11 Å². The van der Waals surface area contributed by atoms with E-state index in [-0.39, 0.29) is 18.3 Å². The van der Waals surface area contributed by atoms with E-state index in [0.717, 1.165) is 63.8 Å². The van der Waals surface area contributed by atoms with Gasteiger partial charge in [0.1, 0.15) is 5.75 Å². The second kappa shape index (κ2) is 8.91. The van der Waals surface area contributed by atoms with Crippen molar-refractivity contribution in [1.29, 1.82) is 0 Å². The summed E-state index contributed by atoms with van der Waals surface area (Å²) in [4.78, 5) is 14.8. The molecule has 2 fully saturated rings. The highest BCUT2D eigenvalue weighted by Crippen LogP contribution is 2.30. The summed E-state index contributed by atoms with van der Waals surface area (Å²) < 4.78 is 5.21. The molecular weight excluding hydrogens is 336 g/mol. The second-order valence-corrected chi connectivity index (χ2v) is 7.50. The molecule has 25 heavy (non-hydrogen) atoms. The zero-order valence-electron chi connectivity index (χ0n) is 15.2. The van der Waals surface area contributed by atoms with E-state index in [2.05, 4.69) is 12.1 Å². The number of halogens is 1. The molecule has 0 bridgehead atoms. The van der Waals surface area contributed by atoms with Crippen LogP contribution in [0, 0.1) is 5.92 Å². The number of carbonyl (C=O) groups excluding carboxylic acids is 1. The highest BCUT2D eigenvalue weighted by molar-refractivity contribution is 5.86. The van der Waals surface area contributed by atoms with Gasteiger partial charge in [0.05, 0.1) is 12.6 Å². The van der Waals surface area contributed by atoms with Crippen LogP contribution in [0.4, 0.5) is 0 Å². The Bertz CT molecular complexity index is 547. The van der Waals surface area contributed by atoms with Gasteiger partial charge in [-0.1, -0.05) is 31.4 Å². The largest absolute Gasteiger partial charge is 0.497 e. The van der Waals surface area contributed by atoms with E-state index < -0.39 is 5.54 Å². The van der Waals surface area contributed by atoms with E-state index in [9.17, 15) is 4.79 Å². The Morgan fingerprint density at radius 3 is 2.32 bits per heavy atom. The van der Waals surface area contributed by atoms with Crippen LogP contribution in [0.15, 0.2) is 24.3 Å². The molecule has 1 aliphatic carbocycles. The van der Waals surface area contributed by atoms with Crippen LogP contribution in [0.3, 0.4) is 0 Å². The lowest BCUT2D eigenvalue weighted by atomic mass is 9.80. The molecule has 1 aromatic carbocycles. The summed E-state index contributed by atoms with van der Waals surface area (Å²) in [5.41, 5.74) is 7.18. The number of benzene rings is 1. The predicted molar refractivity (Wildman–Crippen MR) is 103 cm³/mol. The first-order chi connectivity index (χ1) is 11.6. The number of nitrogens with zero attached hydrogens (tertiary/aromatic N) is 1. The van der Waals surface area contributed by atoms with Crippen molar-refractivity contribution in [2.24, 2.45) is 11.7 Å². The quantitative estimate of drug-likeness (QED) is 0.886. The molecule has 0 unspecified atom stereocenters. The van der Waals surface area contributed by atoms with E-state index in [4.69, 9.17) is 10.5 Å². The van der Waals surface area contributed by atoms with Gasteiger partial charge in [0.15, 0.2) is 0 Å².